The third-order valence-electron chi connectivity index (χ3n) is 8.59. The summed E-state index contributed by atoms with van der Waals surface area (Å²) in [5.41, 5.74) is 3.36. The number of nitrogens with zero attached hydrogens (tertiary/aromatic N) is 1. The van der Waals surface area contributed by atoms with E-state index >= 15 is 4.39 Å². The van der Waals surface area contributed by atoms with Crippen LogP contribution in [0.25, 0.3) is 11.1 Å². The zero-order valence-corrected chi connectivity index (χ0v) is 29.0. The molecule has 9 heteroatoms. The molecule has 6 nitrogen and oxygen atoms in total. The number of benzene rings is 3. The van der Waals surface area contributed by atoms with Crippen LogP contribution < -0.4 is 20.9 Å². The zero-order chi connectivity index (χ0) is 33.5. The van der Waals surface area contributed by atoms with Crippen LogP contribution in [0.5, 0.6) is 0 Å². The van der Waals surface area contributed by atoms with Crippen molar-refractivity contribution in [2.24, 2.45) is 0 Å². The number of piperidine rings is 1. The molecule has 3 aromatic rings. The Balaban J connectivity index is 1.54. The van der Waals surface area contributed by atoms with Crippen LogP contribution in [0.1, 0.15) is 64.5 Å². The van der Waals surface area contributed by atoms with Gasteiger partial charge in [0, 0.05) is 59.6 Å². The molecule has 4 rings (SSSR count). The highest BCUT2D eigenvalue weighted by Gasteiger charge is 2.39. The predicted molar refractivity (Wildman–Crippen MR) is 188 cm³/mol. The van der Waals surface area contributed by atoms with Crippen molar-refractivity contribution in [2.75, 3.05) is 29.7 Å². The fourth-order valence-corrected chi connectivity index (χ4v) is 7.10. The molecule has 3 aromatic carbocycles. The number of carbonyl (C=O) groups is 2. The molecule has 46 heavy (non-hydrogen) atoms. The number of nitrogens with one attached hydrogen (secondary N) is 3. The van der Waals surface area contributed by atoms with Crippen molar-refractivity contribution in [2.45, 2.75) is 83.0 Å². The summed E-state index contributed by atoms with van der Waals surface area (Å²) in [6.07, 6.45) is 1.82. The second-order valence-electron chi connectivity index (χ2n) is 13.6. The first-order valence-electron chi connectivity index (χ1n) is 16.0. The van der Waals surface area contributed by atoms with Crippen molar-refractivity contribution in [3.05, 3.63) is 89.7 Å². The Morgan fingerprint density at radius 1 is 0.913 bits per heavy atom. The van der Waals surface area contributed by atoms with Crippen LogP contribution in [-0.4, -0.2) is 59.8 Å². The van der Waals surface area contributed by atoms with Gasteiger partial charge in [0.25, 0.3) is 0 Å². The molecule has 0 bridgehead atoms. The van der Waals surface area contributed by atoms with Crippen LogP contribution in [0.15, 0.2) is 72.8 Å². The largest absolute Gasteiger partial charge is 0.369 e. The van der Waals surface area contributed by atoms with Gasteiger partial charge in [-0.25, -0.2) is 4.39 Å². The first-order valence-corrected chi connectivity index (χ1v) is 17.1. The van der Waals surface area contributed by atoms with Gasteiger partial charge in [0.1, 0.15) is 11.9 Å². The summed E-state index contributed by atoms with van der Waals surface area (Å²) in [7, 11) is 0. The van der Waals surface area contributed by atoms with Crippen LogP contribution in [-0.2, 0) is 16.0 Å². The molecular formula is C37H47Cl2FN4O2. The van der Waals surface area contributed by atoms with Gasteiger partial charge >= 0.3 is 0 Å². The van der Waals surface area contributed by atoms with Gasteiger partial charge in [-0.05, 0) is 82.3 Å². The number of anilines is 1. The molecular weight excluding hydrogens is 622 g/mol. The van der Waals surface area contributed by atoms with Crippen molar-refractivity contribution in [3.63, 3.8) is 0 Å². The predicted octanol–water partition coefficient (Wildman–Crippen LogP) is 7.03. The molecule has 0 spiro atoms. The Morgan fingerprint density at radius 2 is 1.52 bits per heavy atom. The first-order chi connectivity index (χ1) is 21.8. The van der Waals surface area contributed by atoms with Gasteiger partial charge in [0.05, 0.1) is 5.92 Å². The van der Waals surface area contributed by atoms with E-state index in [9.17, 15) is 9.59 Å². The van der Waals surface area contributed by atoms with Crippen molar-refractivity contribution in [1.29, 1.82) is 0 Å². The summed E-state index contributed by atoms with van der Waals surface area (Å²) in [6, 6.07) is 21.2. The average Bonchev–Trinajstić information content (AvgIpc) is 2.99. The zero-order valence-electron chi connectivity index (χ0n) is 27.5. The third-order valence-corrected chi connectivity index (χ3v) is 8.93. The Bertz CT molecular complexity index is 1440. The second-order valence-corrected chi connectivity index (χ2v) is 14.4. The number of rotatable bonds is 13. The molecule has 1 heterocycles. The molecule has 1 saturated heterocycles. The van der Waals surface area contributed by atoms with E-state index in [0.29, 0.717) is 42.4 Å². The van der Waals surface area contributed by atoms with E-state index in [-0.39, 0.29) is 28.9 Å². The quantitative estimate of drug-likeness (QED) is 0.171. The summed E-state index contributed by atoms with van der Waals surface area (Å²) >= 11 is 12.0. The maximum absolute atomic E-state index is 15.2. The number of halogens is 3. The van der Waals surface area contributed by atoms with Crippen molar-refractivity contribution in [1.82, 2.24) is 16.0 Å². The molecule has 1 aliphatic rings. The maximum atomic E-state index is 15.2. The van der Waals surface area contributed by atoms with Crippen LogP contribution >= 0.6 is 23.2 Å². The number of alkyl halides is 2. The van der Waals surface area contributed by atoms with Gasteiger partial charge in [-0.3, -0.25) is 9.59 Å². The molecule has 0 saturated carbocycles. The van der Waals surface area contributed by atoms with Crippen LogP contribution in [0.3, 0.4) is 0 Å². The number of hydrogen-bond donors (Lipinski definition) is 3. The summed E-state index contributed by atoms with van der Waals surface area (Å²) in [6.45, 7) is 11.6. The standard InChI is InChI=1S/C37H47Cl2FN4O2/c1-25(28-13-16-31(32(40)22-28)27-9-7-6-8-10-27)34(45)42-33(35(46)41-29-23-36(2,3)43-37(4,5)24-29)21-26-11-14-30(15-12-26)44(19-17-38)20-18-39/h6-16,22,25,29,33,43H,17-21,23-24H2,1-5H3,(H,41,46)(H,42,45)/t25-,33-/m0/s1. The summed E-state index contributed by atoms with van der Waals surface area (Å²) in [4.78, 5) is 29.6. The molecule has 3 N–H and O–H groups in total. The van der Waals surface area contributed by atoms with E-state index < -0.39 is 17.8 Å². The Morgan fingerprint density at radius 3 is 2.09 bits per heavy atom. The van der Waals surface area contributed by atoms with Crippen LogP contribution in [0.4, 0.5) is 10.1 Å². The van der Waals surface area contributed by atoms with Gasteiger partial charge < -0.3 is 20.9 Å². The van der Waals surface area contributed by atoms with E-state index in [1.54, 1.807) is 19.1 Å². The molecule has 0 unspecified atom stereocenters. The number of amides is 2. The van der Waals surface area contributed by atoms with Crippen molar-refractivity contribution >= 4 is 40.7 Å². The minimum Gasteiger partial charge on any atom is -0.369 e. The number of carbonyl (C=O) groups excluding carboxylic acids is 2. The van der Waals surface area contributed by atoms with E-state index in [4.69, 9.17) is 23.2 Å². The molecule has 0 radical (unpaired) electrons. The SMILES string of the molecule is C[C@H](C(=O)N[C@@H](Cc1ccc(N(CCCl)CCCl)cc1)C(=O)NC1CC(C)(C)NC(C)(C)C1)c1ccc(-c2ccccc2)c(F)c1. The topological polar surface area (TPSA) is 73.5 Å². The van der Waals surface area contributed by atoms with Crippen LogP contribution in [0.2, 0.25) is 0 Å². The molecule has 248 valence electrons. The highest BCUT2D eigenvalue weighted by atomic mass is 35.5. The molecule has 0 aliphatic carbocycles. The maximum Gasteiger partial charge on any atom is 0.243 e. The lowest BCUT2D eigenvalue weighted by Crippen LogP contribution is -2.63. The van der Waals surface area contributed by atoms with E-state index in [1.807, 2.05) is 54.6 Å². The minimum atomic E-state index is -0.822. The number of hydrogen-bond acceptors (Lipinski definition) is 4. The highest BCUT2D eigenvalue weighted by Crippen LogP contribution is 2.29. The van der Waals surface area contributed by atoms with E-state index in [0.717, 1.165) is 29.7 Å². The third kappa shape index (κ3) is 9.69. The second kappa shape index (κ2) is 15.6. The van der Waals surface area contributed by atoms with Gasteiger partial charge in [-0.2, -0.15) is 0 Å². The first kappa shape index (κ1) is 35.7. The van der Waals surface area contributed by atoms with Crippen LogP contribution in [0, 0.1) is 5.82 Å². The van der Waals surface area contributed by atoms with E-state index in [1.165, 1.54) is 6.07 Å². The molecule has 1 fully saturated rings. The Hall–Kier alpha value is -3.13. The highest BCUT2D eigenvalue weighted by molar-refractivity contribution is 6.18. The fraction of sp³-hybridized carbons (Fsp3) is 0.459. The van der Waals surface area contributed by atoms with Crippen molar-refractivity contribution < 1.29 is 14.0 Å². The molecule has 0 aromatic heterocycles. The minimum absolute atomic E-state index is 0.0581. The summed E-state index contributed by atoms with van der Waals surface area (Å²) < 4.78 is 15.2. The fourth-order valence-electron chi connectivity index (χ4n) is 6.69. The lowest BCUT2D eigenvalue weighted by molar-refractivity contribution is -0.130. The lowest BCUT2D eigenvalue weighted by Gasteiger charge is -2.46. The van der Waals surface area contributed by atoms with Gasteiger partial charge in [-0.15, -0.1) is 23.2 Å². The normalized spacial score (nSPS) is 17.1. The Kier molecular flexibility index (Phi) is 12.1. The van der Waals surface area contributed by atoms with E-state index in [2.05, 4.69) is 48.5 Å². The monoisotopic (exact) mass is 668 g/mol. The van der Waals surface area contributed by atoms with Crippen molar-refractivity contribution in [3.8, 4) is 11.1 Å². The smallest absolute Gasteiger partial charge is 0.243 e. The van der Waals surface area contributed by atoms with Gasteiger partial charge in [0.2, 0.25) is 11.8 Å². The van der Waals surface area contributed by atoms with Gasteiger partial charge in [0.15, 0.2) is 0 Å². The molecule has 2 atom stereocenters. The molecule has 1 aliphatic heterocycles. The summed E-state index contributed by atoms with van der Waals surface area (Å²) in [5, 5.41) is 9.89. The average molecular weight is 670 g/mol. The Labute approximate surface area is 283 Å². The lowest BCUT2D eigenvalue weighted by atomic mass is 9.79. The summed E-state index contributed by atoms with van der Waals surface area (Å²) in [5.74, 6) is -0.688. The molecule has 2 amide bonds. The van der Waals surface area contributed by atoms with Gasteiger partial charge in [-0.1, -0.05) is 54.6 Å².